The molecule has 2 aliphatic heterocycles. The van der Waals surface area contributed by atoms with Gasteiger partial charge in [-0.05, 0) is 42.6 Å². The van der Waals surface area contributed by atoms with E-state index in [2.05, 4.69) is 10.2 Å². The number of hydrogen-bond donors (Lipinski definition) is 1. The molecular formula is C24H30N2O5. The van der Waals surface area contributed by atoms with Gasteiger partial charge in [-0.15, -0.1) is 0 Å². The van der Waals surface area contributed by atoms with Gasteiger partial charge in [0.1, 0.15) is 12.2 Å². The Morgan fingerprint density at radius 2 is 1.81 bits per heavy atom. The maximum atomic E-state index is 12.8. The highest BCUT2D eigenvalue weighted by Crippen LogP contribution is 2.46. The average molecular weight is 427 g/mol. The van der Waals surface area contributed by atoms with Gasteiger partial charge in [0, 0.05) is 13.1 Å². The Morgan fingerprint density at radius 3 is 2.45 bits per heavy atom. The van der Waals surface area contributed by atoms with Crippen molar-refractivity contribution < 1.29 is 23.7 Å². The number of rotatable bonds is 9. The maximum Gasteiger partial charge on any atom is 0.237 e. The van der Waals surface area contributed by atoms with Crippen molar-refractivity contribution in [2.75, 3.05) is 34.4 Å². The van der Waals surface area contributed by atoms with Crippen molar-refractivity contribution in [2.24, 2.45) is 0 Å². The lowest BCUT2D eigenvalue weighted by atomic mass is 10.1. The molecular weight excluding hydrogens is 396 g/mol. The summed E-state index contributed by atoms with van der Waals surface area (Å²) in [6, 6.07) is 13.7. The smallest absolute Gasteiger partial charge is 0.237 e. The first kappa shape index (κ1) is 21.5. The molecule has 3 atom stereocenters. The van der Waals surface area contributed by atoms with Gasteiger partial charge in [-0.1, -0.05) is 30.3 Å². The molecule has 7 nitrogen and oxygen atoms in total. The minimum Gasteiger partial charge on any atom is -0.493 e. The molecule has 0 bridgehead atoms. The Kier molecular flexibility index (Phi) is 6.63. The van der Waals surface area contributed by atoms with Crippen LogP contribution in [0.25, 0.3) is 0 Å². The number of methoxy groups -OCH3 is 3. The zero-order valence-electron chi connectivity index (χ0n) is 18.3. The van der Waals surface area contributed by atoms with E-state index in [-0.39, 0.29) is 24.2 Å². The molecule has 7 heteroatoms. The molecule has 2 aromatic carbocycles. The average Bonchev–Trinajstić information content (AvgIpc) is 3.42. The van der Waals surface area contributed by atoms with Crippen molar-refractivity contribution in [2.45, 2.75) is 37.6 Å². The third-order valence-corrected chi connectivity index (χ3v) is 5.99. The van der Waals surface area contributed by atoms with Crippen LogP contribution in [0.3, 0.4) is 0 Å². The van der Waals surface area contributed by atoms with E-state index in [1.807, 2.05) is 42.5 Å². The second-order valence-corrected chi connectivity index (χ2v) is 7.91. The fourth-order valence-electron chi connectivity index (χ4n) is 4.32. The van der Waals surface area contributed by atoms with Gasteiger partial charge in [-0.2, -0.15) is 0 Å². The van der Waals surface area contributed by atoms with Crippen molar-refractivity contribution in [3.63, 3.8) is 0 Å². The van der Waals surface area contributed by atoms with Gasteiger partial charge < -0.3 is 24.3 Å². The zero-order valence-corrected chi connectivity index (χ0v) is 18.3. The van der Waals surface area contributed by atoms with E-state index < -0.39 is 0 Å². The molecule has 166 valence electrons. The standard InChI is InChI=1S/C24H30N2O5/c1-28-19-12-17(13-20(29-2)23(19)30-3)22-21(31-22)15-26-11-7-10-18(26)24(27)25-14-16-8-5-4-6-9-16/h4-6,8-9,12-13,18,21-22H,7,10-11,14-15H2,1-3H3,(H,25,27)/t18-,21?,22?/m0/s1. The zero-order chi connectivity index (χ0) is 21.8. The summed E-state index contributed by atoms with van der Waals surface area (Å²) < 4.78 is 22.3. The van der Waals surface area contributed by atoms with Gasteiger partial charge in [0.2, 0.25) is 11.7 Å². The molecule has 2 heterocycles. The Balaban J connectivity index is 1.36. The largest absolute Gasteiger partial charge is 0.493 e. The quantitative estimate of drug-likeness (QED) is 0.622. The highest BCUT2D eigenvalue weighted by molar-refractivity contribution is 5.82. The Labute approximate surface area is 183 Å². The lowest BCUT2D eigenvalue weighted by molar-refractivity contribution is -0.125. The summed E-state index contributed by atoms with van der Waals surface area (Å²) in [7, 11) is 4.80. The number of benzene rings is 2. The second-order valence-electron chi connectivity index (χ2n) is 7.91. The Hall–Kier alpha value is -2.77. The minimum absolute atomic E-state index is 0.0395. The van der Waals surface area contributed by atoms with Gasteiger partial charge in [-0.3, -0.25) is 9.69 Å². The molecule has 2 aromatic rings. The van der Waals surface area contributed by atoms with E-state index in [0.717, 1.165) is 37.1 Å². The van der Waals surface area contributed by atoms with Crippen LogP contribution in [-0.2, 0) is 16.1 Å². The molecule has 0 saturated carbocycles. The summed E-state index contributed by atoms with van der Waals surface area (Å²) >= 11 is 0. The van der Waals surface area contributed by atoms with E-state index >= 15 is 0 Å². The number of nitrogens with one attached hydrogen (secondary N) is 1. The summed E-state index contributed by atoms with van der Waals surface area (Å²) in [6.45, 7) is 2.19. The van der Waals surface area contributed by atoms with Crippen LogP contribution in [-0.4, -0.2) is 57.4 Å². The van der Waals surface area contributed by atoms with Gasteiger partial charge in [0.05, 0.1) is 27.4 Å². The maximum absolute atomic E-state index is 12.8. The van der Waals surface area contributed by atoms with E-state index in [1.54, 1.807) is 21.3 Å². The predicted octanol–water partition coefficient (Wildman–Crippen LogP) is 2.93. The van der Waals surface area contributed by atoms with Crippen molar-refractivity contribution >= 4 is 5.91 Å². The van der Waals surface area contributed by atoms with Crippen LogP contribution in [0, 0.1) is 0 Å². The molecule has 2 aliphatic rings. The first-order chi connectivity index (χ1) is 15.1. The number of likely N-dealkylation sites (tertiary alicyclic amines) is 1. The summed E-state index contributed by atoms with van der Waals surface area (Å²) in [5.74, 6) is 1.89. The van der Waals surface area contributed by atoms with Crippen molar-refractivity contribution in [1.82, 2.24) is 10.2 Å². The molecule has 0 radical (unpaired) electrons. The summed E-state index contributed by atoms with van der Waals surface area (Å²) in [6.07, 6.45) is 1.90. The summed E-state index contributed by atoms with van der Waals surface area (Å²) in [5.41, 5.74) is 2.09. The fraction of sp³-hybridized carbons (Fsp3) is 0.458. The van der Waals surface area contributed by atoms with Crippen molar-refractivity contribution in [3.05, 3.63) is 53.6 Å². The van der Waals surface area contributed by atoms with Crippen LogP contribution in [0.15, 0.2) is 42.5 Å². The highest BCUT2D eigenvalue weighted by Gasteiger charge is 2.44. The van der Waals surface area contributed by atoms with Crippen LogP contribution >= 0.6 is 0 Å². The molecule has 2 unspecified atom stereocenters. The highest BCUT2D eigenvalue weighted by atomic mass is 16.6. The van der Waals surface area contributed by atoms with Crippen molar-refractivity contribution in [3.8, 4) is 17.2 Å². The molecule has 0 aliphatic carbocycles. The van der Waals surface area contributed by atoms with Crippen LogP contribution < -0.4 is 19.5 Å². The Morgan fingerprint density at radius 1 is 1.10 bits per heavy atom. The van der Waals surface area contributed by atoms with Crippen molar-refractivity contribution in [1.29, 1.82) is 0 Å². The van der Waals surface area contributed by atoms with Crippen LogP contribution in [0.1, 0.15) is 30.1 Å². The normalized spacial score (nSPS) is 22.7. The van der Waals surface area contributed by atoms with Gasteiger partial charge in [-0.25, -0.2) is 0 Å². The van der Waals surface area contributed by atoms with Crippen LogP contribution in [0.2, 0.25) is 0 Å². The topological polar surface area (TPSA) is 72.6 Å². The van der Waals surface area contributed by atoms with E-state index in [4.69, 9.17) is 18.9 Å². The second kappa shape index (κ2) is 9.58. The number of epoxide rings is 1. The molecule has 0 spiro atoms. The lowest BCUT2D eigenvalue weighted by Crippen LogP contribution is -2.44. The predicted molar refractivity (Wildman–Crippen MR) is 117 cm³/mol. The lowest BCUT2D eigenvalue weighted by Gasteiger charge is -2.23. The number of ether oxygens (including phenoxy) is 4. The molecule has 31 heavy (non-hydrogen) atoms. The third kappa shape index (κ3) is 4.78. The van der Waals surface area contributed by atoms with Gasteiger partial charge >= 0.3 is 0 Å². The first-order valence-electron chi connectivity index (χ1n) is 10.7. The molecule has 0 aromatic heterocycles. The molecule has 1 N–H and O–H groups in total. The van der Waals surface area contributed by atoms with Crippen LogP contribution in [0.5, 0.6) is 17.2 Å². The van der Waals surface area contributed by atoms with E-state index in [1.165, 1.54) is 0 Å². The minimum atomic E-state index is -0.103. The first-order valence-corrected chi connectivity index (χ1v) is 10.7. The monoisotopic (exact) mass is 426 g/mol. The SMILES string of the molecule is COc1cc(C2OC2CN2CCC[C@H]2C(=O)NCc2ccccc2)cc(OC)c1OC. The molecule has 2 fully saturated rings. The number of carbonyl (C=O) groups is 1. The van der Waals surface area contributed by atoms with Gasteiger partial charge in [0.25, 0.3) is 0 Å². The summed E-state index contributed by atoms with van der Waals surface area (Å²) in [4.78, 5) is 15.0. The van der Waals surface area contributed by atoms with Crippen LogP contribution in [0.4, 0.5) is 0 Å². The van der Waals surface area contributed by atoms with E-state index in [0.29, 0.717) is 23.8 Å². The Bertz CT molecular complexity index is 879. The van der Waals surface area contributed by atoms with E-state index in [9.17, 15) is 4.79 Å². The van der Waals surface area contributed by atoms with Gasteiger partial charge in [0.15, 0.2) is 11.5 Å². The number of carbonyl (C=O) groups excluding carboxylic acids is 1. The molecule has 4 rings (SSSR count). The third-order valence-electron chi connectivity index (χ3n) is 5.99. The molecule has 2 saturated heterocycles. The fourth-order valence-corrected chi connectivity index (χ4v) is 4.32. The molecule has 1 amide bonds. The summed E-state index contributed by atoms with van der Waals surface area (Å²) in [5, 5.41) is 3.08. The number of hydrogen-bond acceptors (Lipinski definition) is 6. The number of amides is 1. The number of nitrogens with zero attached hydrogens (tertiary/aromatic N) is 1.